The van der Waals surface area contributed by atoms with Crippen LogP contribution in [0.4, 0.5) is 8.78 Å². The Balaban J connectivity index is 2.21. The number of nitrogens with zero attached hydrogens (tertiary/aromatic N) is 3. The van der Waals surface area contributed by atoms with Crippen molar-refractivity contribution in [3.8, 4) is 17.8 Å². The van der Waals surface area contributed by atoms with E-state index in [2.05, 4.69) is 15.0 Å². The number of halogens is 3. The van der Waals surface area contributed by atoms with Crippen molar-refractivity contribution in [1.29, 1.82) is 0 Å². The molecule has 0 aliphatic heterocycles. The van der Waals surface area contributed by atoms with Crippen LogP contribution in [-0.4, -0.2) is 21.6 Å². The van der Waals surface area contributed by atoms with Gasteiger partial charge in [0, 0.05) is 18.2 Å². The molecule has 0 radical (unpaired) electrons. The second kappa shape index (κ2) is 6.42. The zero-order chi connectivity index (χ0) is 14.5. The summed E-state index contributed by atoms with van der Waals surface area (Å²) in [5.41, 5.74) is 0. The highest BCUT2D eigenvalue weighted by atomic mass is 35.5. The minimum absolute atomic E-state index is 0.0151. The summed E-state index contributed by atoms with van der Waals surface area (Å²) < 4.78 is 36.4. The van der Waals surface area contributed by atoms with E-state index in [0.29, 0.717) is 6.61 Å². The van der Waals surface area contributed by atoms with Gasteiger partial charge in [0.05, 0.1) is 6.61 Å². The van der Waals surface area contributed by atoms with Crippen molar-refractivity contribution in [2.75, 3.05) is 6.61 Å². The largest absolute Gasteiger partial charge is 0.463 e. The first-order chi connectivity index (χ1) is 9.56. The van der Waals surface area contributed by atoms with Crippen LogP contribution in [0.1, 0.15) is 13.3 Å². The number of benzene rings is 1. The molecular formula is C12H10ClF2N3O2. The van der Waals surface area contributed by atoms with E-state index in [9.17, 15) is 8.78 Å². The predicted octanol–water partition coefficient (Wildman–Crippen LogP) is 3.38. The second-order valence-electron chi connectivity index (χ2n) is 3.73. The van der Waals surface area contributed by atoms with Crippen molar-refractivity contribution in [2.24, 2.45) is 0 Å². The molecule has 20 heavy (non-hydrogen) atoms. The number of ether oxygens (including phenoxy) is 2. The molecule has 0 atom stereocenters. The first-order valence-corrected chi connectivity index (χ1v) is 6.13. The molecule has 0 N–H and O–H groups in total. The molecule has 1 aromatic carbocycles. The van der Waals surface area contributed by atoms with Gasteiger partial charge in [0.1, 0.15) is 17.4 Å². The Morgan fingerprint density at radius 2 is 1.70 bits per heavy atom. The van der Waals surface area contributed by atoms with Gasteiger partial charge in [-0.1, -0.05) is 6.92 Å². The summed E-state index contributed by atoms with van der Waals surface area (Å²) in [5.74, 6) is -1.64. The lowest BCUT2D eigenvalue weighted by atomic mass is 10.3. The molecule has 0 saturated heterocycles. The van der Waals surface area contributed by atoms with Crippen LogP contribution in [0.3, 0.4) is 0 Å². The minimum Gasteiger partial charge on any atom is -0.463 e. The van der Waals surface area contributed by atoms with Gasteiger partial charge in [-0.2, -0.15) is 9.97 Å². The Hall–Kier alpha value is -2.02. The lowest BCUT2D eigenvalue weighted by Crippen LogP contribution is -2.03. The number of rotatable bonds is 5. The van der Waals surface area contributed by atoms with Crippen molar-refractivity contribution in [3.63, 3.8) is 0 Å². The molecule has 8 heteroatoms. The van der Waals surface area contributed by atoms with E-state index < -0.39 is 11.6 Å². The van der Waals surface area contributed by atoms with Crippen LogP contribution >= 0.6 is 11.6 Å². The predicted molar refractivity (Wildman–Crippen MR) is 67.1 cm³/mol. The quantitative estimate of drug-likeness (QED) is 0.847. The van der Waals surface area contributed by atoms with Gasteiger partial charge in [-0.3, -0.25) is 0 Å². The van der Waals surface area contributed by atoms with Gasteiger partial charge in [-0.25, -0.2) is 8.78 Å². The van der Waals surface area contributed by atoms with Crippen molar-refractivity contribution < 1.29 is 18.3 Å². The zero-order valence-electron chi connectivity index (χ0n) is 10.4. The van der Waals surface area contributed by atoms with Crippen LogP contribution in [0.2, 0.25) is 5.28 Å². The molecule has 0 saturated carbocycles. The van der Waals surface area contributed by atoms with Gasteiger partial charge < -0.3 is 9.47 Å². The summed E-state index contributed by atoms with van der Waals surface area (Å²) in [6, 6.07) is 2.49. The maximum atomic E-state index is 13.0. The van der Waals surface area contributed by atoms with Crippen LogP contribution in [0, 0.1) is 11.6 Å². The van der Waals surface area contributed by atoms with Crippen LogP contribution in [0.25, 0.3) is 0 Å². The zero-order valence-corrected chi connectivity index (χ0v) is 11.2. The van der Waals surface area contributed by atoms with Gasteiger partial charge in [0.25, 0.3) is 0 Å². The Kier molecular flexibility index (Phi) is 4.62. The van der Waals surface area contributed by atoms with E-state index in [1.54, 1.807) is 0 Å². The first kappa shape index (κ1) is 14.4. The van der Waals surface area contributed by atoms with Gasteiger partial charge >= 0.3 is 12.0 Å². The SMILES string of the molecule is CCCOc1nc(Cl)nc(Oc2cc(F)cc(F)c2)n1. The van der Waals surface area contributed by atoms with Crippen molar-refractivity contribution in [3.05, 3.63) is 35.1 Å². The standard InChI is InChI=1S/C12H10ClF2N3O2/c1-2-3-19-11-16-10(13)17-12(18-11)20-9-5-7(14)4-8(15)6-9/h4-6H,2-3H2,1H3. The number of hydrogen-bond donors (Lipinski definition) is 0. The maximum Gasteiger partial charge on any atom is 0.329 e. The molecular weight excluding hydrogens is 292 g/mol. The third-order valence-corrected chi connectivity index (χ3v) is 2.22. The highest BCUT2D eigenvalue weighted by molar-refractivity contribution is 6.28. The summed E-state index contributed by atoms with van der Waals surface area (Å²) in [6.45, 7) is 2.31. The monoisotopic (exact) mass is 301 g/mol. The van der Waals surface area contributed by atoms with Crippen LogP contribution < -0.4 is 9.47 Å². The van der Waals surface area contributed by atoms with E-state index >= 15 is 0 Å². The van der Waals surface area contributed by atoms with E-state index in [4.69, 9.17) is 21.1 Å². The lowest BCUT2D eigenvalue weighted by molar-refractivity contribution is 0.284. The normalized spacial score (nSPS) is 10.4. The third kappa shape index (κ3) is 3.99. The van der Waals surface area contributed by atoms with Crippen molar-refractivity contribution in [2.45, 2.75) is 13.3 Å². The highest BCUT2D eigenvalue weighted by Crippen LogP contribution is 2.22. The molecule has 1 heterocycles. The molecule has 0 aliphatic carbocycles. The topological polar surface area (TPSA) is 57.1 Å². The van der Waals surface area contributed by atoms with Gasteiger partial charge in [-0.05, 0) is 18.0 Å². The Morgan fingerprint density at radius 1 is 1.05 bits per heavy atom. The van der Waals surface area contributed by atoms with Crippen LogP contribution in [0.5, 0.6) is 17.8 Å². The fraction of sp³-hybridized carbons (Fsp3) is 0.250. The molecule has 0 fully saturated rings. The summed E-state index contributed by atoms with van der Waals surface area (Å²) in [6.07, 6.45) is 0.759. The Labute approximate surface area is 118 Å². The van der Waals surface area contributed by atoms with Gasteiger partial charge in [0.2, 0.25) is 5.28 Å². The van der Waals surface area contributed by atoms with Crippen molar-refractivity contribution >= 4 is 11.6 Å². The summed E-state index contributed by atoms with van der Waals surface area (Å²) in [5, 5.41) is -0.141. The van der Waals surface area contributed by atoms with Crippen LogP contribution in [0.15, 0.2) is 18.2 Å². The highest BCUT2D eigenvalue weighted by Gasteiger charge is 2.10. The number of aromatic nitrogens is 3. The fourth-order valence-corrected chi connectivity index (χ4v) is 1.46. The molecule has 2 aromatic rings. The molecule has 0 amide bonds. The number of hydrogen-bond acceptors (Lipinski definition) is 5. The molecule has 106 valence electrons. The molecule has 1 aromatic heterocycles. The van der Waals surface area contributed by atoms with Crippen LogP contribution in [-0.2, 0) is 0 Å². The first-order valence-electron chi connectivity index (χ1n) is 5.75. The molecule has 0 aliphatic rings. The van der Waals surface area contributed by atoms with Gasteiger partial charge in [-0.15, -0.1) is 4.98 Å². The molecule has 0 bridgehead atoms. The molecule has 2 rings (SSSR count). The van der Waals surface area contributed by atoms with Gasteiger partial charge in [0.15, 0.2) is 0 Å². The van der Waals surface area contributed by atoms with E-state index in [0.717, 1.165) is 24.6 Å². The smallest absolute Gasteiger partial charge is 0.329 e. The average Bonchev–Trinajstić information content (AvgIpc) is 2.34. The maximum absolute atomic E-state index is 13.0. The van der Waals surface area contributed by atoms with Crippen molar-refractivity contribution in [1.82, 2.24) is 15.0 Å². The fourth-order valence-electron chi connectivity index (χ4n) is 1.31. The second-order valence-corrected chi connectivity index (χ2v) is 4.06. The Bertz CT molecular complexity index is 593. The van der Waals surface area contributed by atoms with E-state index in [1.807, 2.05) is 6.92 Å². The average molecular weight is 302 g/mol. The molecule has 0 unspecified atom stereocenters. The third-order valence-electron chi connectivity index (χ3n) is 2.05. The lowest BCUT2D eigenvalue weighted by Gasteiger charge is -2.06. The summed E-state index contributed by atoms with van der Waals surface area (Å²) in [7, 11) is 0. The molecule has 5 nitrogen and oxygen atoms in total. The van der Waals surface area contributed by atoms with E-state index in [-0.39, 0.29) is 23.1 Å². The van der Waals surface area contributed by atoms with E-state index in [1.165, 1.54) is 0 Å². The minimum atomic E-state index is -0.775. The Morgan fingerprint density at radius 3 is 2.35 bits per heavy atom. The molecule has 0 spiro atoms. The summed E-state index contributed by atoms with van der Waals surface area (Å²) >= 11 is 5.69. The summed E-state index contributed by atoms with van der Waals surface area (Å²) in [4.78, 5) is 11.3.